The quantitative estimate of drug-likeness (QED) is 0.829. The molecule has 0 saturated heterocycles. The second-order valence-corrected chi connectivity index (χ2v) is 7.71. The molecule has 0 aliphatic carbocycles. The van der Waals surface area contributed by atoms with E-state index < -0.39 is 6.10 Å². The zero-order valence-corrected chi connectivity index (χ0v) is 16.2. The maximum Gasteiger partial charge on any atom is 0.227 e. The Hall–Kier alpha value is -2.18. The van der Waals surface area contributed by atoms with Crippen LogP contribution in [0.5, 0.6) is 0 Å². The van der Waals surface area contributed by atoms with Crippen molar-refractivity contribution in [3.8, 4) is 0 Å². The Balaban J connectivity index is 1.62. The van der Waals surface area contributed by atoms with Crippen LogP contribution in [0.2, 0.25) is 0 Å². The number of carbonyl (C=O) groups is 1. The number of aromatic nitrogens is 1. The molecule has 0 radical (unpaired) electrons. The number of fused-ring (bicyclic) bond motifs is 1. The molecule has 0 saturated carbocycles. The van der Waals surface area contributed by atoms with E-state index in [1.165, 1.54) is 16.1 Å². The molecule has 1 aliphatic heterocycles. The van der Waals surface area contributed by atoms with Gasteiger partial charge in [0.05, 0.1) is 22.6 Å². The lowest BCUT2D eigenvalue weighted by Crippen LogP contribution is -2.44. The third kappa shape index (κ3) is 3.97. The second kappa shape index (κ2) is 8.01. The molecule has 5 nitrogen and oxygen atoms in total. The number of aliphatic hydroxyl groups is 1. The number of likely N-dealkylation sites (N-methyl/N-ethyl adjacent to an activating group) is 1. The molecule has 26 heavy (non-hydrogen) atoms. The average molecular weight is 372 g/mol. The maximum atomic E-state index is 12.8. The van der Waals surface area contributed by atoms with E-state index in [0.29, 0.717) is 6.54 Å². The number of nitrogens with zero attached hydrogens (tertiary/aromatic N) is 3. The molecule has 1 amide bonds. The number of carbonyl (C=O) groups excluding carboxylic acids is 1. The fraction of sp³-hybridized carbons (Fsp3) is 0.400. The summed E-state index contributed by atoms with van der Waals surface area (Å²) in [4.78, 5) is 16.6. The Morgan fingerprint density at radius 2 is 2.08 bits per heavy atom. The summed E-state index contributed by atoms with van der Waals surface area (Å²) in [5.74, 6) is -0.127. The highest BCUT2D eigenvalue weighted by Gasteiger charge is 2.27. The zero-order valence-electron chi connectivity index (χ0n) is 15.4. The van der Waals surface area contributed by atoms with Crippen molar-refractivity contribution in [2.75, 3.05) is 20.1 Å². The van der Waals surface area contributed by atoms with E-state index in [1.54, 1.807) is 11.9 Å². The standard InChI is InChI=1S/C20H25N3O2S/c1-14(12-23-10-9-18-17(13-23)11-21-26-18)20(25)22(3)15(2)19(24)16-7-5-4-6-8-16/h4-9,11,13-15,19,24H,10,12H2,1-3H3/t14-,15+,19-/m0/s1. The van der Waals surface area contributed by atoms with Gasteiger partial charge >= 0.3 is 0 Å². The van der Waals surface area contributed by atoms with E-state index in [0.717, 1.165) is 17.3 Å². The van der Waals surface area contributed by atoms with Gasteiger partial charge in [-0.15, -0.1) is 0 Å². The van der Waals surface area contributed by atoms with Crippen molar-refractivity contribution in [2.24, 2.45) is 5.92 Å². The summed E-state index contributed by atoms with van der Waals surface area (Å²) in [6.45, 7) is 5.25. The first-order valence-electron chi connectivity index (χ1n) is 8.84. The molecule has 1 N–H and O–H groups in total. The molecule has 138 valence electrons. The lowest BCUT2D eigenvalue weighted by Gasteiger charge is -2.32. The first kappa shape index (κ1) is 18.6. The van der Waals surface area contributed by atoms with Crippen LogP contribution in [0.3, 0.4) is 0 Å². The van der Waals surface area contributed by atoms with Crippen LogP contribution in [0.4, 0.5) is 0 Å². The summed E-state index contributed by atoms with van der Waals surface area (Å²) in [5, 5.41) is 11.7. The fourth-order valence-corrected chi connectivity index (χ4v) is 3.84. The Morgan fingerprint density at radius 3 is 2.81 bits per heavy atom. The number of hydrogen-bond donors (Lipinski definition) is 1. The van der Waals surface area contributed by atoms with Gasteiger partial charge in [-0.3, -0.25) is 4.79 Å². The monoisotopic (exact) mass is 371 g/mol. The molecule has 3 atom stereocenters. The minimum atomic E-state index is -0.702. The van der Waals surface area contributed by atoms with Crippen molar-refractivity contribution in [1.29, 1.82) is 0 Å². The number of hydrogen-bond acceptors (Lipinski definition) is 5. The van der Waals surface area contributed by atoms with Gasteiger partial charge in [0.2, 0.25) is 5.91 Å². The van der Waals surface area contributed by atoms with Crippen LogP contribution < -0.4 is 9.75 Å². The van der Waals surface area contributed by atoms with Gasteiger partial charge in [-0.2, -0.15) is 4.37 Å². The van der Waals surface area contributed by atoms with Crippen LogP contribution in [-0.2, 0) is 4.79 Å². The van der Waals surface area contributed by atoms with Crippen LogP contribution >= 0.6 is 11.5 Å². The van der Waals surface area contributed by atoms with Crippen LogP contribution in [0.15, 0.2) is 36.5 Å². The minimum absolute atomic E-state index is 0.0371. The van der Waals surface area contributed by atoms with Gasteiger partial charge in [0, 0.05) is 37.8 Å². The summed E-state index contributed by atoms with van der Waals surface area (Å²) < 4.78 is 5.39. The molecule has 0 unspecified atom stereocenters. The van der Waals surface area contributed by atoms with E-state index in [2.05, 4.69) is 21.5 Å². The van der Waals surface area contributed by atoms with Gasteiger partial charge in [-0.05, 0) is 30.1 Å². The van der Waals surface area contributed by atoms with Gasteiger partial charge in [0.15, 0.2) is 0 Å². The highest BCUT2D eigenvalue weighted by Crippen LogP contribution is 2.21. The molecule has 1 aromatic carbocycles. The van der Waals surface area contributed by atoms with Gasteiger partial charge in [-0.25, -0.2) is 0 Å². The van der Waals surface area contributed by atoms with E-state index in [-0.39, 0.29) is 17.9 Å². The Morgan fingerprint density at radius 1 is 1.35 bits per heavy atom. The fourth-order valence-electron chi connectivity index (χ4n) is 3.20. The van der Waals surface area contributed by atoms with Crippen molar-refractivity contribution in [3.05, 3.63) is 51.8 Å². The normalized spacial score (nSPS) is 16.7. The summed E-state index contributed by atoms with van der Waals surface area (Å²) >= 11 is 1.50. The predicted molar refractivity (Wildman–Crippen MR) is 105 cm³/mol. The summed E-state index contributed by atoms with van der Waals surface area (Å²) in [5.41, 5.74) is 0.823. The molecule has 0 bridgehead atoms. The molecule has 1 aliphatic rings. The predicted octanol–water partition coefficient (Wildman–Crippen LogP) is 1.19. The Kier molecular flexibility index (Phi) is 5.74. The highest BCUT2D eigenvalue weighted by atomic mass is 32.1. The third-order valence-electron chi connectivity index (χ3n) is 4.95. The number of aliphatic hydroxyl groups excluding tert-OH is 1. The Labute approximate surface area is 158 Å². The van der Waals surface area contributed by atoms with Gasteiger partial charge in [0.1, 0.15) is 0 Å². The van der Waals surface area contributed by atoms with Crippen molar-refractivity contribution in [3.63, 3.8) is 0 Å². The number of amides is 1. The van der Waals surface area contributed by atoms with E-state index in [9.17, 15) is 9.90 Å². The van der Waals surface area contributed by atoms with Crippen molar-refractivity contribution in [1.82, 2.24) is 14.2 Å². The van der Waals surface area contributed by atoms with E-state index in [1.807, 2.05) is 50.4 Å². The summed E-state index contributed by atoms with van der Waals surface area (Å²) in [6, 6.07) is 9.18. The molecular formula is C20H25N3O2S. The molecular weight excluding hydrogens is 346 g/mol. The van der Waals surface area contributed by atoms with Gasteiger partial charge < -0.3 is 14.9 Å². The number of benzene rings is 1. The SMILES string of the molecule is C[C@H]([C@H](O)c1ccccc1)N(C)C(=O)[C@@H](C)CN1C=c2cnsc2=CC1. The lowest BCUT2D eigenvalue weighted by atomic mass is 10.0. The minimum Gasteiger partial charge on any atom is -0.386 e. The smallest absolute Gasteiger partial charge is 0.227 e. The molecule has 1 aromatic heterocycles. The van der Waals surface area contributed by atoms with Crippen LogP contribution in [0.1, 0.15) is 25.5 Å². The first-order chi connectivity index (χ1) is 12.5. The largest absolute Gasteiger partial charge is 0.386 e. The molecule has 0 fully saturated rings. The Bertz CT molecular complexity index is 865. The highest BCUT2D eigenvalue weighted by molar-refractivity contribution is 7.03. The lowest BCUT2D eigenvalue weighted by molar-refractivity contribution is -0.138. The van der Waals surface area contributed by atoms with Crippen LogP contribution in [-0.4, -0.2) is 51.4 Å². The van der Waals surface area contributed by atoms with Gasteiger partial charge in [0.25, 0.3) is 0 Å². The van der Waals surface area contributed by atoms with E-state index in [4.69, 9.17) is 0 Å². The van der Waals surface area contributed by atoms with Crippen LogP contribution in [0.25, 0.3) is 12.3 Å². The summed E-state index contributed by atoms with van der Waals surface area (Å²) in [6.07, 6.45) is 5.38. The molecule has 0 spiro atoms. The van der Waals surface area contributed by atoms with Crippen molar-refractivity contribution < 1.29 is 9.90 Å². The molecule has 3 rings (SSSR count). The zero-order chi connectivity index (χ0) is 18.7. The van der Waals surface area contributed by atoms with Crippen molar-refractivity contribution in [2.45, 2.75) is 26.0 Å². The molecule has 2 aromatic rings. The van der Waals surface area contributed by atoms with Crippen molar-refractivity contribution >= 4 is 29.7 Å². The molecule has 2 heterocycles. The van der Waals surface area contributed by atoms with Gasteiger partial charge in [-0.1, -0.05) is 37.3 Å². The summed E-state index contributed by atoms with van der Waals surface area (Å²) in [7, 11) is 1.77. The number of rotatable bonds is 6. The van der Waals surface area contributed by atoms with Crippen LogP contribution in [0, 0.1) is 5.92 Å². The maximum absolute atomic E-state index is 12.8. The third-order valence-corrected chi connectivity index (χ3v) is 5.76. The topological polar surface area (TPSA) is 56.7 Å². The average Bonchev–Trinajstić information content (AvgIpc) is 3.14. The molecule has 6 heteroatoms. The first-order valence-corrected chi connectivity index (χ1v) is 9.61. The second-order valence-electron chi connectivity index (χ2n) is 6.88. The van der Waals surface area contributed by atoms with E-state index >= 15 is 0 Å².